The standard InChI is InChI=1S/C42H29N3SSi/c1-47(2)37-22-11-8-17-31(37)38-39(32-19-12-18-30-29-16-7-10-21-36(29)46-40(30)32)43-41(44-42(38)47)26-23-24-35-33(25-26)28-15-6-9-20-34(28)45(35)27-13-4-3-5-14-27/h3-25H,1-2H3. The molecule has 9 aromatic rings. The first kappa shape index (κ1) is 26.8. The summed E-state index contributed by atoms with van der Waals surface area (Å²) in [4.78, 5) is 11.0. The van der Waals surface area contributed by atoms with Crippen LogP contribution in [0.1, 0.15) is 0 Å². The lowest BCUT2D eigenvalue weighted by atomic mass is 9.99. The molecule has 0 atom stereocenters. The molecule has 0 saturated heterocycles. The first-order valence-corrected chi connectivity index (χ1v) is 19.9. The van der Waals surface area contributed by atoms with Gasteiger partial charge in [0.1, 0.15) is 8.07 Å². The molecule has 0 fully saturated rings. The fraction of sp³-hybridized carbons (Fsp3) is 0.0476. The van der Waals surface area contributed by atoms with Gasteiger partial charge in [0.05, 0.1) is 16.7 Å². The van der Waals surface area contributed by atoms with E-state index in [0.29, 0.717) is 0 Å². The van der Waals surface area contributed by atoms with Gasteiger partial charge in [-0.3, -0.25) is 0 Å². The van der Waals surface area contributed by atoms with Crippen molar-refractivity contribution in [1.82, 2.24) is 14.5 Å². The summed E-state index contributed by atoms with van der Waals surface area (Å²) in [7, 11) is -2.10. The molecule has 222 valence electrons. The highest BCUT2D eigenvalue weighted by molar-refractivity contribution is 7.26. The van der Waals surface area contributed by atoms with Crippen LogP contribution >= 0.6 is 11.3 Å². The molecule has 47 heavy (non-hydrogen) atoms. The highest BCUT2D eigenvalue weighted by Gasteiger charge is 2.41. The Morgan fingerprint density at radius 3 is 2.17 bits per heavy atom. The van der Waals surface area contributed by atoms with Crippen LogP contribution in [0.25, 0.3) is 81.4 Å². The number of para-hydroxylation sites is 2. The Balaban J connectivity index is 1.27. The van der Waals surface area contributed by atoms with Gasteiger partial charge in [-0.25, -0.2) is 9.97 Å². The SMILES string of the molecule is C[Si]1(C)c2ccccc2-c2c(-c3cccc4c3sc3ccccc34)nc(-c3ccc4c(c3)c3ccccc3n4-c3ccccc3)nc21. The Hall–Kier alpha value is -5.36. The predicted octanol–water partition coefficient (Wildman–Crippen LogP) is 10.1. The molecule has 0 N–H and O–H groups in total. The van der Waals surface area contributed by atoms with Crippen molar-refractivity contribution in [2.75, 3.05) is 0 Å². The van der Waals surface area contributed by atoms with E-state index in [0.717, 1.165) is 22.8 Å². The average Bonchev–Trinajstić information content (AvgIpc) is 3.74. The lowest BCUT2D eigenvalue weighted by Crippen LogP contribution is -2.50. The van der Waals surface area contributed by atoms with Gasteiger partial charge < -0.3 is 4.57 Å². The fourth-order valence-corrected chi connectivity index (χ4v) is 11.9. The topological polar surface area (TPSA) is 30.7 Å². The first-order valence-electron chi connectivity index (χ1n) is 16.1. The van der Waals surface area contributed by atoms with Gasteiger partial charge >= 0.3 is 0 Å². The minimum atomic E-state index is -2.10. The Bertz CT molecular complexity index is 2720. The Kier molecular flexibility index (Phi) is 5.60. The molecule has 0 radical (unpaired) electrons. The molecule has 4 heterocycles. The number of benzene rings is 6. The molecular weight excluding hydrogens is 607 g/mol. The minimum Gasteiger partial charge on any atom is -0.309 e. The van der Waals surface area contributed by atoms with Gasteiger partial charge in [0.25, 0.3) is 0 Å². The van der Waals surface area contributed by atoms with E-state index in [9.17, 15) is 0 Å². The van der Waals surface area contributed by atoms with Crippen LogP contribution in [-0.4, -0.2) is 22.6 Å². The van der Waals surface area contributed by atoms with Crippen molar-refractivity contribution in [2.24, 2.45) is 0 Å². The summed E-state index contributed by atoms with van der Waals surface area (Å²) in [6.45, 7) is 4.88. The van der Waals surface area contributed by atoms with Gasteiger partial charge in [-0.2, -0.15) is 0 Å². The molecule has 0 aliphatic carbocycles. The van der Waals surface area contributed by atoms with Gasteiger partial charge in [0.2, 0.25) is 0 Å². The largest absolute Gasteiger partial charge is 0.309 e. The van der Waals surface area contributed by atoms with E-state index in [1.54, 1.807) is 0 Å². The molecule has 0 spiro atoms. The van der Waals surface area contributed by atoms with Crippen LogP contribution in [0.2, 0.25) is 13.1 Å². The Morgan fingerprint density at radius 1 is 0.574 bits per heavy atom. The first-order chi connectivity index (χ1) is 23.1. The second-order valence-corrected chi connectivity index (χ2v) is 18.3. The predicted molar refractivity (Wildman–Crippen MR) is 202 cm³/mol. The van der Waals surface area contributed by atoms with Crippen molar-refractivity contribution in [3.05, 3.63) is 140 Å². The third kappa shape index (κ3) is 3.78. The number of fused-ring (bicyclic) bond motifs is 9. The zero-order chi connectivity index (χ0) is 31.3. The van der Waals surface area contributed by atoms with E-state index in [4.69, 9.17) is 9.97 Å². The summed E-state index contributed by atoms with van der Waals surface area (Å²) < 4.78 is 4.94. The molecule has 5 heteroatoms. The maximum absolute atomic E-state index is 5.53. The van der Waals surface area contributed by atoms with E-state index in [-0.39, 0.29) is 0 Å². The third-order valence-electron chi connectivity index (χ3n) is 9.98. The van der Waals surface area contributed by atoms with Crippen LogP contribution in [-0.2, 0) is 0 Å². The van der Waals surface area contributed by atoms with Crippen LogP contribution < -0.4 is 10.5 Å². The quantitative estimate of drug-likeness (QED) is 0.181. The zero-order valence-electron chi connectivity index (χ0n) is 26.0. The Morgan fingerprint density at radius 2 is 1.28 bits per heavy atom. The molecule has 1 aliphatic rings. The molecule has 10 rings (SSSR count). The molecule has 0 amide bonds. The molecule has 0 unspecified atom stereocenters. The molecule has 1 aliphatic heterocycles. The van der Waals surface area contributed by atoms with Crippen molar-refractivity contribution in [2.45, 2.75) is 13.1 Å². The van der Waals surface area contributed by atoms with Crippen LogP contribution in [0.5, 0.6) is 0 Å². The monoisotopic (exact) mass is 635 g/mol. The lowest BCUT2D eigenvalue weighted by molar-refractivity contribution is 1.18. The minimum absolute atomic E-state index is 0.795. The van der Waals surface area contributed by atoms with Crippen molar-refractivity contribution in [3.8, 4) is 39.5 Å². The van der Waals surface area contributed by atoms with Crippen LogP contribution in [0, 0.1) is 0 Å². The van der Waals surface area contributed by atoms with Gasteiger partial charge in [0, 0.05) is 58.6 Å². The molecule has 3 aromatic heterocycles. The van der Waals surface area contributed by atoms with Crippen LogP contribution in [0.4, 0.5) is 0 Å². The summed E-state index contributed by atoms with van der Waals surface area (Å²) in [5.41, 5.74) is 9.31. The number of thiophene rings is 1. The number of hydrogen-bond acceptors (Lipinski definition) is 3. The summed E-state index contributed by atoms with van der Waals surface area (Å²) >= 11 is 1.86. The number of hydrogen-bond donors (Lipinski definition) is 0. The summed E-state index contributed by atoms with van der Waals surface area (Å²) in [6, 6.07) is 50.4. The summed E-state index contributed by atoms with van der Waals surface area (Å²) in [5.74, 6) is 0.795. The third-order valence-corrected chi connectivity index (χ3v) is 14.5. The van der Waals surface area contributed by atoms with Crippen LogP contribution in [0.15, 0.2) is 140 Å². The van der Waals surface area contributed by atoms with E-state index in [1.165, 1.54) is 69.2 Å². The highest BCUT2D eigenvalue weighted by Crippen LogP contribution is 2.44. The molecule has 0 saturated carbocycles. The number of rotatable bonds is 3. The van der Waals surface area contributed by atoms with Crippen molar-refractivity contribution < 1.29 is 0 Å². The van der Waals surface area contributed by atoms with E-state index >= 15 is 0 Å². The normalized spacial score (nSPS) is 13.5. The van der Waals surface area contributed by atoms with Crippen molar-refractivity contribution in [1.29, 1.82) is 0 Å². The Labute approximate surface area is 277 Å². The molecular formula is C42H29N3SSi. The average molecular weight is 636 g/mol. The molecule has 6 aromatic carbocycles. The smallest absolute Gasteiger partial charge is 0.159 e. The van der Waals surface area contributed by atoms with Gasteiger partial charge in [-0.15, -0.1) is 11.3 Å². The van der Waals surface area contributed by atoms with Crippen molar-refractivity contribution >= 4 is 71.9 Å². The highest BCUT2D eigenvalue weighted by atomic mass is 32.1. The van der Waals surface area contributed by atoms with E-state index in [2.05, 4.69) is 157 Å². The second kappa shape index (κ2) is 9.82. The lowest BCUT2D eigenvalue weighted by Gasteiger charge is -2.19. The van der Waals surface area contributed by atoms with Gasteiger partial charge in [-0.1, -0.05) is 110 Å². The van der Waals surface area contributed by atoms with E-state index in [1.807, 2.05) is 11.3 Å². The van der Waals surface area contributed by atoms with Crippen LogP contribution in [0.3, 0.4) is 0 Å². The van der Waals surface area contributed by atoms with Gasteiger partial charge in [-0.05, 0) is 53.2 Å². The zero-order valence-corrected chi connectivity index (χ0v) is 27.8. The van der Waals surface area contributed by atoms with Crippen molar-refractivity contribution in [3.63, 3.8) is 0 Å². The maximum atomic E-state index is 5.53. The van der Waals surface area contributed by atoms with E-state index < -0.39 is 8.07 Å². The van der Waals surface area contributed by atoms with Gasteiger partial charge in [0.15, 0.2) is 5.82 Å². The number of nitrogens with zero attached hydrogens (tertiary/aromatic N) is 3. The molecule has 3 nitrogen and oxygen atoms in total. The fourth-order valence-electron chi connectivity index (χ4n) is 7.77. The molecule has 0 bridgehead atoms. The maximum Gasteiger partial charge on any atom is 0.159 e. The number of aromatic nitrogens is 3. The summed E-state index contributed by atoms with van der Waals surface area (Å²) in [6.07, 6.45) is 0. The second-order valence-electron chi connectivity index (χ2n) is 13.0. The summed E-state index contributed by atoms with van der Waals surface area (Å²) in [5, 5.41) is 7.69.